The molecule has 0 bridgehead atoms. The van der Waals surface area contributed by atoms with Crippen LogP contribution in [0.15, 0.2) is 18.2 Å². The Kier molecular flexibility index (Phi) is 4.69. The lowest BCUT2D eigenvalue weighted by Gasteiger charge is -2.32. The highest BCUT2D eigenvalue weighted by molar-refractivity contribution is 5.95. The van der Waals surface area contributed by atoms with Crippen LogP contribution in [0.4, 0.5) is 0 Å². The molecular weight excluding hydrogens is 296 g/mol. The zero-order valence-corrected chi connectivity index (χ0v) is 13.3. The molecule has 6 heteroatoms. The number of piperidine rings is 1. The summed E-state index contributed by atoms with van der Waals surface area (Å²) in [5, 5.41) is 3.04. The van der Waals surface area contributed by atoms with E-state index in [0.29, 0.717) is 36.6 Å². The molecule has 0 unspecified atom stereocenters. The zero-order valence-electron chi connectivity index (χ0n) is 13.3. The fourth-order valence-electron chi connectivity index (χ4n) is 2.97. The lowest BCUT2D eigenvalue weighted by atomic mass is 10.0. The summed E-state index contributed by atoms with van der Waals surface area (Å²) in [6.07, 6.45) is 3.01. The van der Waals surface area contributed by atoms with Crippen molar-refractivity contribution >= 4 is 11.8 Å². The van der Waals surface area contributed by atoms with E-state index in [1.165, 1.54) is 0 Å². The molecule has 2 aliphatic heterocycles. The van der Waals surface area contributed by atoms with E-state index in [0.717, 1.165) is 19.3 Å². The standard InChI is InChI=1S/C17H22N2O4/c1-2-3-16(20)18-13-6-8-19(9-7-13)17(21)12-4-5-14-15(10-12)23-11-22-14/h4-5,10,13H,2-3,6-9,11H2,1H3,(H,18,20). The van der Waals surface area contributed by atoms with Gasteiger partial charge in [-0.15, -0.1) is 0 Å². The van der Waals surface area contributed by atoms with E-state index in [1.807, 2.05) is 11.8 Å². The van der Waals surface area contributed by atoms with Crippen LogP contribution < -0.4 is 14.8 Å². The highest BCUT2D eigenvalue weighted by Gasteiger charge is 2.25. The molecule has 0 radical (unpaired) electrons. The number of nitrogens with one attached hydrogen (secondary N) is 1. The number of ether oxygens (including phenoxy) is 2. The van der Waals surface area contributed by atoms with Crippen molar-refractivity contribution in [1.82, 2.24) is 10.2 Å². The summed E-state index contributed by atoms with van der Waals surface area (Å²) in [6.45, 7) is 3.51. The normalized spacial score (nSPS) is 17.2. The first kappa shape index (κ1) is 15.6. The molecule has 0 spiro atoms. The van der Waals surface area contributed by atoms with Gasteiger partial charge in [-0.3, -0.25) is 9.59 Å². The van der Waals surface area contributed by atoms with E-state index in [1.54, 1.807) is 18.2 Å². The second-order valence-electron chi connectivity index (χ2n) is 5.95. The van der Waals surface area contributed by atoms with Gasteiger partial charge in [0, 0.05) is 31.1 Å². The largest absolute Gasteiger partial charge is 0.454 e. The predicted octanol–water partition coefficient (Wildman–Crippen LogP) is 1.94. The molecule has 0 saturated carbocycles. The number of likely N-dealkylation sites (tertiary alicyclic amines) is 1. The van der Waals surface area contributed by atoms with Crippen molar-refractivity contribution in [2.24, 2.45) is 0 Å². The monoisotopic (exact) mass is 318 g/mol. The summed E-state index contributed by atoms with van der Waals surface area (Å²) in [4.78, 5) is 26.0. The molecule has 6 nitrogen and oxygen atoms in total. The lowest BCUT2D eigenvalue weighted by molar-refractivity contribution is -0.122. The molecular formula is C17H22N2O4. The highest BCUT2D eigenvalue weighted by atomic mass is 16.7. The van der Waals surface area contributed by atoms with Crippen molar-refractivity contribution in [3.05, 3.63) is 23.8 Å². The first-order valence-electron chi connectivity index (χ1n) is 8.15. The summed E-state index contributed by atoms with van der Waals surface area (Å²) < 4.78 is 10.6. The Morgan fingerprint density at radius 3 is 2.70 bits per heavy atom. The number of fused-ring (bicyclic) bond motifs is 1. The number of rotatable bonds is 4. The van der Waals surface area contributed by atoms with Crippen molar-refractivity contribution in [2.75, 3.05) is 19.9 Å². The summed E-state index contributed by atoms with van der Waals surface area (Å²) in [5.74, 6) is 1.41. The van der Waals surface area contributed by atoms with Gasteiger partial charge in [-0.2, -0.15) is 0 Å². The van der Waals surface area contributed by atoms with Gasteiger partial charge in [-0.25, -0.2) is 0 Å². The zero-order chi connectivity index (χ0) is 16.2. The number of hydrogen-bond donors (Lipinski definition) is 1. The summed E-state index contributed by atoms with van der Waals surface area (Å²) in [6, 6.07) is 5.45. The van der Waals surface area contributed by atoms with Crippen molar-refractivity contribution in [3.63, 3.8) is 0 Å². The van der Waals surface area contributed by atoms with E-state index < -0.39 is 0 Å². The topological polar surface area (TPSA) is 67.9 Å². The van der Waals surface area contributed by atoms with Gasteiger partial charge in [0.15, 0.2) is 11.5 Å². The van der Waals surface area contributed by atoms with E-state index in [2.05, 4.69) is 5.32 Å². The average Bonchev–Trinajstić information content (AvgIpc) is 3.02. The molecule has 1 saturated heterocycles. The summed E-state index contributed by atoms with van der Waals surface area (Å²) >= 11 is 0. The molecule has 0 aromatic heterocycles. The Hall–Kier alpha value is -2.24. The first-order chi connectivity index (χ1) is 11.2. The van der Waals surface area contributed by atoms with Gasteiger partial charge in [-0.1, -0.05) is 6.92 Å². The van der Waals surface area contributed by atoms with Gasteiger partial charge in [0.1, 0.15) is 0 Å². The van der Waals surface area contributed by atoms with Crippen LogP contribution in [0.25, 0.3) is 0 Å². The fraction of sp³-hybridized carbons (Fsp3) is 0.529. The van der Waals surface area contributed by atoms with Crippen LogP contribution in [0.3, 0.4) is 0 Å². The van der Waals surface area contributed by atoms with Crippen molar-refractivity contribution in [3.8, 4) is 11.5 Å². The minimum atomic E-state index is 0.00151. The number of amides is 2. The minimum Gasteiger partial charge on any atom is -0.454 e. The Bertz CT molecular complexity index is 594. The Morgan fingerprint density at radius 2 is 1.96 bits per heavy atom. The molecule has 1 aromatic rings. The maximum absolute atomic E-state index is 12.6. The molecule has 124 valence electrons. The maximum atomic E-state index is 12.6. The Balaban J connectivity index is 1.55. The molecule has 1 N–H and O–H groups in total. The molecule has 2 amide bonds. The smallest absolute Gasteiger partial charge is 0.253 e. The molecule has 23 heavy (non-hydrogen) atoms. The van der Waals surface area contributed by atoms with Crippen LogP contribution in [0, 0.1) is 0 Å². The van der Waals surface area contributed by atoms with E-state index in [-0.39, 0.29) is 24.6 Å². The van der Waals surface area contributed by atoms with Gasteiger partial charge in [-0.05, 0) is 37.5 Å². The molecule has 2 aliphatic rings. The molecule has 0 atom stereocenters. The molecule has 0 aliphatic carbocycles. The summed E-state index contributed by atoms with van der Waals surface area (Å²) in [5.41, 5.74) is 0.614. The predicted molar refractivity (Wildman–Crippen MR) is 84.5 cm³/mol. The molecule has 1 fully saturated rings. The number of hydrogen-bond acceptors (Lipinski definition) is 4. The van der Waals surface area contributed by atoms with Crippen LogP contribution in [0.2, 0.25) is 0 Å². The van der Waals surface area contributed by atoms with Crippen molar-refractivity contribution < 1.29 is 19.1 Å². The third-order valence-electron chi connectivity index (χ3n) is 4.24. The number of benzene rings is 1. The maximum Gasteiger partial charge on any atom is 0.253 e. The third kappa shape index (κ3) is 3.57. The second kappa shape index (κ2) is 6.89. The Morgan fingerprint density at radius 1 is 1.22 bits per heavy atom. The van der Waals surface area contributed by atoms with Crippen LogP contribution in [-0.4, -0.2) is 42.6 Å². The van der Waals surface area contributed by atoms with Gasteiger partial charge < -0.3 is 19.7 Å². The third-order valence-corrected chi connectivity index (χ3v) is 4.24. The SMILES string of the molecule is CCCC(=O)NC1CCN(C(=O)c2ccc3c(c2)OCO3)CC1. The molecule has 3 rings (SSSR count). The number of nitrogens with zero attached hydrogens (tertiary/aromatic N) is 1. The number of carbonyl (C=O) groups is 2. The van der Waals surface area contributed by atoms with Gasteiger partial charge >= 0.3 is 0 Å². The van der Waals surface area contributed by atoms with Gasteiger partial charge in [0.05, 0.1) is 0 Å². The molecule has 1 aromatic carbocycles. The van der Waals surface area contributed by atoms with Crippen LogP contribution in [0.5, 0.6) is 11.5 Å². The van der Waals surface area contributed by atoms with Gasteiger partial charge in [0.25, 0.3) is 5.91 Å². The van der Waals surface area contributed by atoms with Crippen molar-refractivity contribution in [1.29, 1.82) is 0 Å². The van der Waals surface area contributed by atoms with Crippen LogP contribution >= 0.6 is 0 Å². The minimum absolute atomic E-state index is 0.00151. The van der Waals surface area contributed by atoms with E-state index in [4.69, 9.17) is 9.47 Å². The average molecular weight is 318 g/mol. The first-order valence-corrected chi connectivity index (χ1v) is 8.15. The van der Waals surface area contributed by atoms with E-state index in [9.17, 15) is 9.59 Å². The Labute approximate surface area is 135 Å². The second-order valence-corrected chi connectivity index (χ2v) is 5.95. The van der Waals surface area contributed by atoms with Gasteiger partial charge in [0.2, 0.25) is 12.7 Å². The quantitative estimate of drug-likeness (QED) is 0.921. The van der Waals surface area contributed by atoms with Crippen LogP contribution in [0.1, 0.15) is 43.0 Å². The van der Waals surface area contributed by atoms with Crippen LogP contribution in [-0.2, 0) is 4.79 Å². The molecule has 2 heterocycles. The van der Waals surface area contributed by atoms with E-state index >= 15 is 0 Å². The highest BCUT2D eigenvalue weighted by Crippen LogP contribution is 2.33. The summed E-state index contributed by atoms with van der Waals surface area (Å²) in [7, 11) is 0. The van der Waals surface area contributed by atoms with Crippen molar-refractivity contribution in [2.45, 2.75) is 38.6 Å². The fourth-order valence-corrected chi connectivity index (χ4v) is 2.97. The number of carbonyl (C=O) groups excluding carboxylic acids is 2. The lowest BCUT2D eigenvalue weighted by Crippen LogP contribution is -2.46.